The molecule has 0 saturated carbocycles. The number of hydrogen-bond acceptors (Lipinski definition) is 8. The van der Waals surface area contributed by atoms with E-state index in [1.807, 2.05) is 49.6 Å². The molecule has 0 aliphatic heterocycles. The molecular weight excluding hydrogens is 1710 g/mol. The number of pyridine rings is 8. The van der Waals surface area contributed by atoms with Gasteiger partial charge in [0.05, 0.1) is 66.2 Å². The van der Waals surface area contributed by atoms with Crippen LogP contribution in [0.2, 0.25) is 0 Å². The number of aromatic nitrogens is 12. The Kier molecular flexibility index (Phi) is 15.0. The fourth-order valence-corrected chi connectivity index (χ4v) is 26.4. The normalized spacial score (nSPS) is 13.5. The molecular formula is C128H76N12. The highest BCUT2D eigenvalue weighted by Gasteiger charge is 2.36. The van der Waals surface area contributed by atoms with Crippen molar-refractivity contribution in [2.75, 3.05) is 0 Å². The zero-order valence-electron chi connectivity index (χ0n) is 75.7. The van der Waals surface area contributed by atoms with Crippen LogP contribution in [-0.4, -0.2) is 57.5 Å². The minimum atomic E-state index is 0.972. The summed E-state index contributed by atoms with van der Waals surface area (Å²) in [7, 11) is 0. The summed E-state index contributed by atoms with van der Waals surface area (Å²) in [6.07, 6.45) is 23.6. The molecule has 0 unspecified atom stereocenters. The molecule has 8 aliphatic rings. The van der Waals surface area contributed by atoms with Crippen LogP contribution in [0.5, 0.6) is 0 Å². The number of nitrogens with zero attached hydrogens (tertiary/aromatic N) is 12. The Morgan fingerprint density at radius 1 is 0.157 bits per heavy atom. The molecule has 0 fully saturated rings. The standard InChI is InChI=1S/4C32H19N3/c1-2-6-22-18(5-1)11-19-14-24-20(13-23(19)22)12-21-15-26-27(16-25(21)24)32-34-29-7-3-4-8-31(29)35(32)30-9-10-33-17-28(26)30;1-2-6-21-18(5-1)14-25-22(21)10-9-19-13-20-15-24-26(16-23(20)31(19)25)32-34-28-7-3-4-8-30(28)35(32)29-11-12-33-17-27(24)29;1-2-6-20-18(5-1)13-24-21(20)9-10-22-23-16-27-26(15-19(23)14-25(22)24)28-17-33-12-11-30(28)35-31-8-4-3-7-29(31)34-32(27)35;1-2-6-21-18(5-1)13-19-9-10-22-23-16-26-24(14-20(23)15-25(22)31(19)21)27-17-33-12-11-29(27)35-30-8-4-3-7-28(30)34-32(26)35/h1-10,13-17H,11-12H2;2*1-12,15-17H,13-14H2;1-12,14,16-17H,13,15H2. The average molecular weight is 1780 g/mol. The number of imidazole rings is 4. The molecule has 16 aromatic carbocycles. The Labute approximate surface area is 799 Å². The number of hydrogen-bond donors (Lipinski definition) is 0. The molecule has 0 radical (unpaired) electrons. The van der Waals surface area contributed by atoms with Gasteiger partial charge in [-0.1, -0.05) is 182 Å². The summed E-state index contributed by atoms with van der Waals surface area (Å²) in [4.78, 5) is 38.4. The van der Waals surface area contributed by atoms with E-state index in [0.29, 0.717) is 0 Å². The number of benzene rings is 16. The molecule has 12 aromatic heterocycles. The monoisotopic (exact) mass is 1780 g/mol. The summed E-state index contributed by atoms with van der Waals surface area (Å²) >= 11 is 0. The van der Waals surface area contributed by atoms with Crippen LogP contribution >= 0.6 is 0 Å². The Balaban J connectivity index is 0.0000000829. The van der Waals surface area contributed by atoms with Gasteiger partial charge in [0.1, 0.15) is 22.6 Å². The SMILES string of the molecule is c1ccc2c(c1)Cc1c-2ccc2c1-c1cc3c(cc1C2)c1cnccc1n1c2ccccc2nc31.c1ccc2c(c1)Cc1c-2ccc2c1Cc1cc3c4cnccc4n4c5ccccc5nc4c3cc1-2.c1ccc2c(c1)Cc1cc3c(cc1-2)Cc1cc2c4cnccc4n4c5ccccc5nc4c2cc1-3.c1ccc2c(c1)Cc1ccc3c(c1-2)Cc1cc2c4cnccc4n4c5ccccc5nc4c2cc1-3. The molecule has 12 heterocycles. The van der Waals surface area contributed by atoms with Gasteiger partial charge in [-0.15, -0.1) is 0 Å². The van der Waals surface area contributed by atoms with Gasteiger partial charge in [0, 0.05) is 92.7 Å². The number of para-hydroxylation sites is 8. The molecule has 0 bridgehead atoms. The van der Waals surface area contributed by atoms with Crippen LogP contribution in [0.15, 0.2) is 365 Å². The second-order valence-electron chi connectivity index (χ2n) is 39.4. The van der Waals surface area contributed by atoms with Crippen molar-refractivity contribution in [2.45, 2.75) is 51.4 Å². The van der Waals surface area contributed by atoms with Crippen molar-refractivity contribution in [3.63, 3.8) is 0 Å². The molecule has 0 atom stereocenters. The van der Waals surface area contributed by atoms with E-state index in [1.54, 1.807) is 0 Å². The molecule has 140 heavy (non-hydrogen) atoms. The highest BCUT2D eigenvalue weighted by atomic mass is 15.0. The van der Waals surface area contributed by atoms with Crippen molar-refractivity contribution in [1.82, 2.24) is 57.5 Å². The van der Waals surface area contributed by atoms with Crippen molar-refractivity contribution in [3.8, 4) is 89.0 Å². The summed E-state index contributed by atoms with van der Waals surface area (Å²) < 4.78 is 9.21. The fourth-order valence-electron chi connectivity index (χ4n) is 26.4. The van der Waals surface area contributed by atoms with Gasteiger partial charge >= 0.3 is 0 Å². The van der Waals surface area contributed by atoms with Crippen molar-refractivity contribution in [3.05, 3.63) is 454 Å². The highest BCUT2D eigenvalue weighted by molar-refractivity contribution is 6.20. The molecule has 0 saturated heterocycles. The van der Waals surface area contributed by atoms with Crippen LogP contribution in [0.1, 0.15) is 89.0 Å². The Bertz CT molecular complexity index is 10600. The minimum Gasteiger partial charge on any atom is -0.292 e. The van der Waals surface area contributed by atoms with Crippen LogP contribution in [0.3, 0.4) is 0 Å². The lowest BCUT2D eigenvalue weighted by Gasteiger charge is -2.12. The third kappa shape index (κ3) is 10.4. The zero-order valence-corrected chi connectivity index (χ0v) is 75.7. The van der Waals surface area contributed by atoms with Gasteiger partial charge < -0.3 is 0 Å². The van der Waals surface area contributed by atoms with E-state index >= 15 is 0 Å². The lowest BCUT2D eigenvalue weighted by atomic mass is 9.94. The van der Waals surface area contributed by atoms with E-state index < -0.39 is 0 Å². The van der Waals surface area contributed by atoms with Gasteiger partial charge in [0.15, 0.2) is 0 Å². The summed E-state index contributed by atoms with van der Waals surface area (Å²) in [5.74, 6) is 0. The lowest BCUT2D eigenvalue weighted by molar-refractivity contribution is 1.16. The first-order valence-electron chi connectivity index (χ1n) is 48.7. The molecule has 0 N–H and O–H groups in total. The van der Waals surface area contributed by atoms with Gasteiger partial charge in [-0.05, 0) is 384 Å². The number of rotatable bonds is 0. The molecule has 0 amide bonds. The predicted molar refractivity (Wildman–Crippen MR) is 568 cm³/mol. The largest absolute Gasteiger partial charge is 0.292 e. The molecule has 12 heteroatoms. The summed E-state index contributed by atoms with van der Waals surface area (Å²) in [5, 5.41) is 14.4. The van der Waals surface area contributed by atoms with Gasteiger partial charge in [-0.25, -0.2) is 19.9 Å². The third-order valence-electron chi connectivity index (χ3n) is 32.4. The van der Waals surface area contributed by atoms with E-state index in [0.717, 1.165) is 140 Å². The lowest BCUT2D eigenvalue weighted by Crippen LogP contribution is -1.94. The Hall–Kier alpha value is -18.0. The smallest absolute Gasteiger partial charge is 0.146 e. The average Bonchev–Trinajstić information content (AvgIpc) is 1.55. The Morgan fingerprint density at radius 2 is 0.414 bits per heavy atom. The van der Waals surface area contributed by atoms with E-state index in [4.69, 9.17) is 19.9 Å². The van der Waals surface area contributed by atoms with E-state index in [1.165, 1.54) is 243 Å². The molecule has 648 valence electrons. The van der Waals surface area contributed by atoms with Gasteiger partial charge in [-0.3, -0.25) is 37.5 Å². The van der Waals surface area contributed by atoms with Crippen LogP contribution in [0.4, 0.5) is 0 Å². The molecule has 8 aliphatic carbocycles. The topological polar surface area (TPSA) is 121 Å². The van der Waals surface area contributed by atoms with Crippen LogP contribution in [-0.2, 0) is 51.4 Å². The van der Waals surface area contributed by atoms with Crippen molar-refractivity contribution in [2.24, 2.45) is 0 Å². The molecule has 28 aromatic rings. The van der Waals surface area contributed by atoms with E-state index in [2.05, 4.69) is 353 Å². The summed E-state index contributed by atoms with van der Waals surface area (Å²) in [5.41, 5.74) is 62.7. The van der Waals surface area contributed by atoms with E-state index in [-0.39, 0.29) is 0 Å². The molecule has 12 nitrogen and oxygen atoms in total. The van der Waals surface area contributed by atoms with Crippen molar-refractivity contribution >= 4 is 153 Å². The summed E-state index contributed by atoms with van der Waals surface area (Å²) in [6, 6.07) is 116. The maximum Gasteiger partial charge on any atom is 0.146 e. The van der Waals surface area contributed by atoms with Crippen molar-refractivity contribution < 1.29 is 0 Å². The molecule has 36 rings (SSSR count). The van der Waals surface area contributed by atoms with Crippen LogP contribution in [0, 0.1) is 0 Å². The minimum absolute atomic E-state index is 0.972. The molecule has 0 spiro atoms. The first-order valence-corrected chi connectivity index (χ1v) is 48.7. The van der Waals surface area contributed by atoms with Crippen LogP contribution < -0.4 is 0 Å². The van der Waals surface area contributed by atoms with E-state index in [9.17, 15) is 0 Å². The van der Waals surface area contributed by atoms with Gasteiger partial charge in [-0.2, -0.15) is 0 Å². The summed E-state index contributed by atoms with van der Waals surface area (Å²) in [6.45, 7) is 0. The van der Waals surface area contributed by atoms with Crippen molar-refractivity contribution in [1.29, 1.82) is 0 Å². The third-order valence-corrected chi connectivity index (χ3v) is 32.4. The Morgan fingerprint density at radius 3 is 0.850 bits per heavy atom. The maximum atomic E-state index is 5.12. The second-order valence-corrected chi connectivity index (χ2v) is 39.4. The maximum absolute atomic E-state index is 5.12. The van der Waals surface area contributed by atoms with Gasteiger partial charge in [0.25, 0.3) is 0 Å². The first kappa shape index (κ1) is 75.3. The fraction of sp³-hybridized carbons (Fsp3) is 0.0625. The number of fused-ring (bicyclic) bond motifs is 59. The second kappa shape index (κ2) is 27.9. The predicted octanol–water partition coefficient (Wildman–Crippen LogP) is 29.3. The first-order chi connectivity index (χ1) is 69.4. The van der Waals surface area contributed by atoms with Crippen LogP contribution in [0.25, 0.3) is 242 Å². The zero-order chi connectivity index (χ0) is 90.7. The van der Waals surface area contributed by atoms with Gasteiger partial charge in [0.2, 0.25) is 0 Å². The quantitative estimate of drug-likeness (QED) is 0.138. The highest BCUT2D eigenvalue weighted by Crippen LogP contribution is 2.56.